The Morgan fingerprint density at radius 2 is 1.82 bits per heavy atom. The molecule has 0 radical (unpaired) electrons. The van der Waals surface area contributed by atoms with Gasteiger partial charge in [-0.15, -0.1) is 24.0 Å². The predicted octanol–water partition coefficient (Wildman–Crippen LogP) is 3.03. The molecule has 0 amide bonds. The number of rotatable bonds is 6. The minimum Gasteiger partial charge on any atom is -0.355 e. The molecule has 1 aliphatic carbocycles. The first-order chi connectivity index (χ1) is 10.2. The Hall–Kier alpha value is -0.0400. The Morgan fingerprint density at radius 3 is 2.36 bits per heavy atom. The lowest BCUT2D eigenvalue weighted by atomic mass is 9.82. The van der Waals surface area contributed by atoms with Gasteiger partial charge in [-0.1, -0.05) is 26.2 Å². The van der Waals surface area contributed by atoms with Crippen LogP contribution in [0, 0.1) is 11.8 Å². The van der Waals surface area contributed by atoms with Crippen molar-refractivity contribution >= 4 is 29.9 Å². The molecular formula is C17H35IN4. The SMILES string of the molecule is CCCCN(C)CCNC(=NC)N1CC2CCCCC2C1.I. The molecule has 2 unspecified atom stereocenters. The maximum atomic E-state index is 4.50. The fourth-order valence-electron chi connectivity index (χ4n) is 3.81. The third-order valence-electron chi connectivity index (χ3n) is 5.16. The zero-order valence-electron chi connectivity index (χ0n) is 14.7. The van der Waals surface area contributed by atoms with Gasteiger partial charge in [0.2, 0.25) is 0 Å². The first-order valence-electron chi connectivity index (χ1n) is 8.88. The maximum Gasteiger partial charge on any atom is 0.193 e. The summed E-state index contributed by atoms with van der Waals surface area (Å²) in [5.41, 5.74) is 0. The van der Waals surface area contributed by atoms with Crippen molar-refractivity contribution in [2.24, 2.45) is 16.8 Å². The second-order valence-corrected chi connectivity index (χ2v) is 6.84. The highest BCUT2D eigenvalue weighted by Gasteiger charge is 2.35. The average Bonchev–Trinajstić information content (AvgIpc) is 2.93. The standard InChI is InChI=1S/C17H34N4.HI/c1-4-5-11-20(3)12-10-19-17(18-2)21-13-15-8-6-7-9-16(15)14-21;/h15-16H,4-14H2,1-3H3,(H,18,19);1H. The maximum absolute atomic E-state index is 4.50. The number of fused-ring (bicyclic) bond motifs is 1. The number of hydrogen-bond donors (Lipinski definition) is 1. The van der Waals surface area contributed by atoms with E-state index in [0.29, 0.717) is 0 Å². The number of halogens is 1. The molecule has 1 heterocycles. The van der Waals surface area contributed by atoms with Crippen LogP contribution < -0.4 is 5.32 Å². The monoisotopic (exact) mass is 422 g/mol. The molecule has 1 saturated heterocycles. The zero-order chi connectivity index (χ0) is 15.1. The Morgan fingerprint density at radius 1 is 1.18 bits per heavy atom. The molecule has 2 fully saturated rings. The predicted molar refractivity (Wildman–Crippen MR) is 106 cm³/mol. The summed E-state index contributed by atoms with van der Waals surface area (Å²) in [6.07, 6.45) is 8.29. The number of hydrogen-bond acceptors (Lipinski definition) is 2. The fourth-order valence-corrected chi connectivity index (χ4v) is 3.81. The molecule has 1 N–H and O–H groups in total. The Balaban J connectivity index is 0.00000242. The van der Waals surface area contributed by atoms with Crippen LogP contribution in [0.5, 0.6) is 0 Å². The summed E-state index contributed by atoms with van der Waals surface area (Å²) in [5, 5.41) is 3.56. The minimum atomic E-state index is 0. The summed E-state index contributed by atoms with van der Waals surface area (Å²) >= 11 is 0. The number of nitrogens with one attached hydrogen (secondary N) is 1. The number of aliphatic imine (C=N–C) groups is 1. The Bertz CT molecular complexity index is 321. The van der Waals surface area contributed by atoms with E-state index in [4.69, 9.17) is 0 Å². The van der Waals surface area contributed by atoms with E-state index >= 15 is 0 Å². The van der Waals surface area contributed by atoms with Gasteiger partial charge >= 0.3 is 0 Å². The highest BCUT2D eigenvalue weighted by Crippen LogP contribution is 2.35. The molecule has 0 aromatic rings. The molecule has 0 spiro atoms. The van der Waals surface area contributed by atoms with Crippen molar-refractivity contribution in [2.45, 2.75) is 45.4 Å². The minimum absolute atomic E-state index is 0. The molecule has 0 aromatic carbocycles. The third kappa shape index (κ3) is 5.87. The van der Waals surface area contributed by atoms with Crippen molar-refractivity contribution in [3.63, 3.8) is 0 Å². The van der Waals surface area contributed by atoms with Gasteiger partial charge in [-0.2, -0.15) is 0 Å². The van der Waals surface area contributed by atoms with Crippen molar-refractivity contribution in [3.05, 3.63) is 0 Å². The Kier molecular flexibility index (Phi) is 9.71. The van der Waals surface area contributed by atoms with E-state index in [1.807, 2.05) is 7.05 Å². The van der Waals surface area contributed by atoms with Crippen LogP contribution in [-0.4, -0.2) is 62.6 Å². The number of likely N-dealkylation sites (N-methyl/N-ethyl adjacent to an activating group) is 1. The number of nitrogens with zero attached hydrogens (tertiary/aromatic N) is 3. The first kappa shape index (κ1) is 20.0. The zero-order valence-corrected chi connectivity index (χ0v) is 17.0. The van der Waals surface area contributed by atoms with Crippen LogP contribution in [0.15, 0.2) is 4.99 Å². The smallest absolute Gasteiger partial charge is 0.193 e. The van der Waals surface area contributed by atoms with Crippen LogP contribution in [0.4, 0.5) is 0 Å². The quantitative estimate of drug-likeness (QED) is 0.406. The highest BCUT2D eigenvalue weighted by molar-refractivity contribution is 14.0. The summed E-state index contributed by atoms with van der Waals surface area (Å²) in [7, 11) is 4.13. The topological polar surface area (TPSA) is 30.9 Å². The van der Waals surface area contributed by atoms with Crippen molar-refractivity contribution in [3.8, 4) is 0 Å². The first-order valence-corrected chi connectivity index (χ1v) is 8.88. The van der Waals surface area contributed by atoms with Crippen LogP contribution in [0.1, 0.15) is 45.4 Å². The van der Waals surface area contributed by atoms with Crippen molar-refractivity contribution in [1.29, 1.82) is 0 Å². The van der Waals surface area contributed by atoms with Gasteiger partial charge in [-0.25, -0.2) is 0 Å². The van der Waals surface area contributed by atoms with Crippen molar-refractivity contribution in [1.82, 2.24) is 15.1 Å². The van der Waals surface area contributed by atoms with Gasteiger partial charge < -0.3 is 15.1 Å². The number of likely N-dealkylation sites (tertiary alicyclic amines) is 1. The van der Waals surface area contributed by atoms with Crippen LogP contribution in [0.3, 0.4) is 0 Å². The third-order valence-corrected chi connectivity index (χ3v) is 5.16. The van der Waals surface area contributed by atoms with E-state index in [-0.39, 0.29) is 24.0 Å². The van der Waals surface area contributed by atoms with Gasteiger partial charge in [0, 0.05) is 33.2 Å². The lowest BCUT2D eigenvalue weighted by molar-refractivity contribution is 0.299. The van der Waals surface area contributed by atoms with E-state index < -0.39 is 0 Å². The van der Waals surface area contributed by atoms with Gasteiger partial charge in [-0.3, -0.25) is 4.99 Å². The lowest BCUT2D eigenvalue weighted by Gasteiger charge is -2.23. The second-order valence-electron chi connectivity index (χ2n) is 6.84. The summed E-state index contributed by atoms with van der Waals surface area (Å²) in [5.74, 6) is 2.96. The largest absolute Gasteiger partial charge is 0.355 e. The van der Waals surface area contributed by atoms with E-state index in [0.717, 1.165) is 30.9 Å². The van der Waals surface area contributed by atoms with Crippen LogP contribution in [0.2, 0.25) is 0 Å². The molecular weight excluding hydrogens is 387 g/mol. The van der Waals surface area contributed by atoms with Gasteiger partial charge in [0.15, 0.2) is 5.96 Å². The van der Waals surface area contributed by atoms with Crippen LogP contribution in [0.25, 0.3) is 0 Å². The number of unbranched alkanes of at least 4 members (excludes halogenated alkanes) is 1. The van der Waals surface area contributed by atoms with Crippen LogP contribution in [-0.2, 0) is 0 Å². The van der Waals surface area contributed by atoms with E-state index in [9.17, 15) is 0 Å². The molecule has 1 aliphatic heterocycles. The molecule has 2 aliphatic rings. The molecule has 22 heavy (non-hydrogen) atoms. The van der Waals surface area contributed by atoms with E-state index in [1.54, 1.807) is 0 Å². The molecule has 0 aromatic heterocycles. The summed E-state index contributed by atoms with van der Waals surface area (Å²) < 4.78 is 0. The number of guanidine groups is 1. The van der Waals surface area contributed by atoms with Crippen LogP contribution >= 0.6 is 24.0 Å². The highest BCUT2D eigenvalue weighted by atomic mass is 127. The van der Waals surface area contributed by atoms with Gasteiger partial charge in [0.1, 0.15) is 0 Å². The molecule has 2 atom stereocenters. The summed E-state index contributed by atoms with van der Waals surface area (Å²) in [4.78, 5) is 9.40. The Labute approximate surface area is 154 Å². The molecule has 130 valence electrons. The summed E-state index contributed by atoms with van der Waals surface area (Å²) in [6, 6.07) is 0. The second kappa shape index (κ2) is 10.7. The molecule has 1 saturated carbocycles. The molecule has 4 nitrogen and oxygen atoms in total. The van der Waals surface area contributed by atoms with E-state index in [2.05, 4.69) is 34.1 Å². The normalized spacial score (nSPS) is 25.1. The van der Waals surface area contributed by atoms with Crippen molar-refractivity contribution in [2.75, 3.05) is 46.8 Å². The van der Waals surface area contributed by atoms with E-state index in [1.165, 1.54) is 58.2 Å². The van der Waals surface area contributed by atoms with Gasteiger partial charge in [-0.05, 0) is 44.7 Å². The van der Waals surface area contributed by atoms with Gasteiger partial charge in [0.25, 0.3) is 0 Å². The molecule has 0 bridgehead atoms. The molecule has 5 heteroatoms. The van der Waals surface area contributed by atoms with Gasteiger partial charge in [0.05, 0.1) is 0 Å². The molecule has 2 rings (SSSR count). The lowest BCUT2D eigenvalue weighted by Crippen LogP contribution is -2.43. The van der Waals surface area contributed by atoms with Crippen molar-refractivity contribution < 1.29 is 0 Å². The fraction of sp³-hybridized carbons (Fsp3) is 0.941. The summed E-state index contributed by atoms with van der Waals surface area (Å²) in [6.45, 7) is 7.98. The average molecular weight is 422 g/mol.